The number of halogens is 3. The van der Waals surface area contributed by atoms with Crippen LogP contribution in [0.3, 0.4) is 0 Å². The Labute approximate surface area is 83.9 Å². The summed E-state index contributed by atoms with van der Waals surface area (Å²) >= 11 is 0. The highest BCUT2D eigenvalue weighted by atomic mass is 19.4. The number of hydrogen-bond donors (Lipinski definition) is 0. The molecule has 0 aromatic carbocycles. The molecule has 0 aliphatic rings. The van der Waals surface area contributed by atoms with E-state index >= 15 is 0 Å². The van der Waals surface area contributed by atoms with Crippen LogP contribution in [0.4, 0.5) is 13.2 Å². The van der Waals surface area contributed by atoms with Crippen LogP contribution in [0.5, 0.6) is 0 Å². The summed E-state index contributed by atoms with van der Waals surface area (Å²) in [5.74, 6) is -1.02. The van der Waals surface area contributed by atoms with E-state index < -0.39 is 23.4 Å². The molecule has 0 aliphatic heterocycles. The van der Waals surface area contributed by atoms with Crippen LogP contribution in [0, 0.1) is 0 Å². The molecule has 3 nitrogen and oxygen atoms in total. The first-order valence-electron chi connectivity index (χ1n) is 4.16. The Bertz CT molecular complexity index is 363. The monoisotopic (exact) mass is 219 g/mol. The Kier molecular flexibility index (Phi) is 3.28. The predicted octanol–water partition coefficient (Wildman–Crippen LogP) is 2.28. The molecule has 0 bridgehead atoms. The van der Waals surface area contributed by atoms with Gasteiger partial charge in [-0.15, -0.1) is 0 Å². The molecule has 0 saturated carbocycles. The zero-order valence-corrected chi connectivity index (χ0v) is 7.84. The molecule has 82 valence electrons. The van der Waals surface area contributed by atoms with E-state index in [1.807, 2.05) is 0 Å². The maximum absolute atomic E-state index is 12.4. The van der Waals surface area contributed by atoms with Crippen LogP contribution < -0.4 is 0 Å². The number of aromatic nitrogens is 1. The van der Waals surface area contributed by atoms with Crippen LogP contribution in [-0.2, 0) is 10.9 Å². The third-order valence-electron chi connectivity index (χ3n) is 1.57. The van der Waals surface area contributed by atoms with Gasteiger partial charge in [0.1, 0.15) is 0 Å². The molecule has 0 amide bonds. The van der Waals surface area contributed by atoms with Crippen molar-refractivity contribution in [2.24, 2.45) is 0 Å². The topological polar surface area (TPSA) is 39.2 Å². The molecule has 1 heterocycles. The minimum absolute atomic E-state index is 0.0189. The number of nitrogens with zero attached hydrogens (tertiary/aromatic N) is 1. The van der Waals surface area contributed by atoms with E-state index in [2.05, 4.69) is 9.72 Å². The van der Waals surface area contributed by atoms with Crippen LogP contribution in [-0.4, -0.2) is 17.6 Å². The van der Waals surface area contributed by atoms with Crippen LogP contribution in [0.2, 0.25) is 0 Å². The first-order valence-corrected chi connectivity index (χ1v) is 4.16. The lowest BCUT2D eigenvalue weighted by Crippen LogP contribution is -2.16. The van der Waals surface area contributed by atoms with Gasteiger partial charge in [0.2, 0.25) is 0 Å². The lowest BCUT2D eigenvalue weighted by molar-refractivity contribution is -0.141. The number of esters is 1. The van der Waals surface area contributed by atoms with Crippen molar-refractivity contribution in [1.29, 1.82) is 0 Å². The molecule has 0 N–H and O–H groups in total. The smallest absolute Gasteiger partial charge is 0.434 e. The Balaban J connectivity index is 3.12. The Hall–Kier alpha value is -1.59. The van der Waals surface area contributed by atoms with Gasteiger partial charge in [0.15, 0.2) is 5.69 Å². The van der Waals surface area contributed by atoms with Crippen LogP contribution >= 0.6 is 0 Å². The molecule has 0 atom stereocenters. The van der Waals surface area contributed by atoms with E-state index in [9.17, 15) is 18.0 Å². The number of ether oxygens (including phenoxy) is 1. The van der Waals surface area contributed by atoms with E-state index in [1.165, 1.54) is 13.0 Å². The van der Waals surface area contributed by atoms with Gasteiger partial charge in [-0.2, -0.15) is 13.2 Å². The summed E-state index contributed by atoms with van der Waals surface area (Å²) in [6.07, 6.45) is -3.67. The summed E-state index contributed by atoms with van der Waals surface area (Å²) in [5, 5.41) is 0. The van der Waals surface area contributed by atoms with Crippen molar-refractivity contribution in [1.82, 2.24) is 4.98 Å². The largest absolute Gasteiger partial charge is 0.462 e. The van der Waals surface area contributed by atoms with Gasteiger partial charge in [0.25, 0.3) is 0 Å². The molecular weight excluding hydrogens is 211 g/mol. The second kappa shape index (κ2) is 4.29. The fourth-order valence-electron chi connectivity index (χ4n) is 1.00. The van der Waals surface area contributed by atoms with Crippen molar-refractivity contribution >= 4 is 5.97 Å². The second-order valence-corrected chi connectivity index (χ2v) is 2.62. The Morgan fingerprint density at radius 2 is 2.20 bits per heavy atom. The molecule has 1 aromatic rings. The third kappa shape index (κ3) is 2.68. The minimum atomic E-state index is -4.65. The molecule has 0 saturated heterocycles. The molecule has 0 radical (unpaired) electrons. The molecule has 0 spiro atoms. The minimum Gasteiger partial charge on any atom is -0.462 e. The molecule has 0 fully saturated rings. The second-order valence-electron chi connectivity index (χ2n) is 2.62. The summed E-state index contributed by atoms with van der Waals surface area (Å²) < 4.78 is 41.6. The molecule has 15 heavy (non-hydrogen) atoms. The van der Waals surface area contributed by atoms with Crippen molar-refractivity contribution in [2.45, 2.75) is 13.1 Å². The maximum atomic E-state index is 12.4. The highest BCUT2D eigenvalue weighted by Crippen LogP contribution is 2.30. The van der Waals surface area contributed by atoms with Gasteiger partial charge in [-0.3, -0.25) is 4.98 Å². The molecule has 1 rings (SSSR count). The number of carbonyl (C=O) groups excluding carboxylic acids is 1. The van der Waals surface area contributed by atoms with E-state index in [1.54, 1.807) is 0 Å². The fourth-order valence-corrected chi connectivity index (χ4v) is 1.00. The molecule has 6 heteroatoms. The standard InChI is InChI=1S/C9H8F3NO2/c1-2-15-8(14)6-4-3-5-13-7(6)9(10,11)12/h3-5H,2H2,1H3. The number of rotatable bonds is 2. The van der Waals surface area contributed by atoms with Crippen molar-refractivity contribution in [3.8, 4) is 0 Å². The first kappa shape index (κ1) is 11.5. The predicted molar refractivity (Wildman–Crippen MR) is 45.2 cm³/mol. The van der Waals surface area contributed by atoms with Gasteiger partial charge in [0, 0.05) is 6.20 Å². The zero-order chi connectivity index (χ0) is 11.5. The quantitative estimate of drug-likeness (QED) is 0.716. The van der Waals surface area contributed by atoms with Crippen LogP contribution in [0.15, 0.2) is 18.3 Å². The molecular formula is C9H8F3NO2. The van der Waals surface area contributed by atoms with Crippen molar-refractivity contribution in [3.63, 3.8) is 0 Å². The van der Waals surface area contributed by atoms with Crippen molar-refractivity contribution in [3.05, 3.63) is 29.6 Å². The third-order valence-corrected chi connectivity index (χ3v) is 1.57. The molecule has 0 aliphatic carbocycles. The average Bonchev–Trinajstić information content (AvgIpc) is 2.17. The number of carbonyl (C=O) groups is 1. The van der Waals surface area contributed by atoms with Gasteiger partial charge in [-0.25, -0.2) is 4.79 Å². The summed E-state index contributed by atoms with van der Waals surface area (Å²) in [6.45, 7) is 1.53. The van der Waals surface area contributed by atoms with E-state index in [4.69, 9.17) is 0 Å². The number of pyridine rings is 1. The first-order chi connectivity index (χ1) is 6.96. The summed E-state index contributed by atoms with van der Waals surface area (Å²) in [7, 11) is 0. The Morgan fingerprint density at radius 3 is 2.73 bits per heavy atom. The molecule has 1 aromatic heterocycles. The SMILES string of the molecule is CCOC(=O)c1cccnc1C(F)(F)F. The van der Waals surface area contributed by atoms with Crippen molar-refractivity contribution < 1.29 is 22.7 Å². The number of hydrogen-bond acceptors (Lipinski definition) is 3. The van der Waals surface area contributed by atoms with Crippen LogP contribution in [0.1, 0.15) is 23.0 Å². The maximum Gasteiger partial charge on any atom is 0.434 e. The summed E-state index contributed by atoms with van der Waals surface area (Å²) in [4.78, 5) is 14.3. The highest BCUT2D eigenvalue weighted by Gasteiger charge is 2.37. The lowest BCUT2D eigenvalue weighted by Gasteiger charge is -2.09. The highest BCUT2D eigenvalue weighted by molar-refractivity contribution is 5.90. The van der Waals surface area contributed by atoms with Gasteiger partial charge >= 0.3 is 12.1 Å². The molecule has 0 unspecified atom stereocenters. The van der Waals surface area contributed by atoms with Gasteiger partial charge < -0.3 is 4.74 Å². The summed E-state index contributed by atoms with van der Waals surface area (Å²) in [5.41, 5.74) is -1.78. The summed E-state index contributed by atoms with van der Waals surface area (Å²) in [6, 6.07) is 2.29. The van der Waals surface area contributed by atoms with E-state index in [0.29, 0.717) is 0 Å². The van der Waals surface area contributed by atoms with E-state index in [-0.39, 0.29) is 6.61 Å². The lowest BCUT2D eigenvalue weighted by atomic mass is 10.2. The Morgan fingerprint density at radius 1 is 1.53 bits per heavy atom. The van der Waals surface area contributed by atoms with Gasteiger partial charge in [-0.1, -0.05) is 0 Å². The average molecular weight is 219 g/mol. The van der Waals surface area contributed by atoms with E-state index in [0.717, 1.165) is 12.3 Å². The van der Waals surface area contributed by atoms with Crippen molar-refractivity contribution in [2.75, 3.05) is 6.61 Å². The fraction of sp³-hybridized carbons (Fsp3) is 0.333. The van der Waals surface area contributed by atoms with Gasteiger partial charge in [0.05, 0.1) is 12.2 Å². The number of alkyl halides is 3. The van der Waals surface area contributed by atoms with Crippen LogP contribution in [0.25, 0.3) is 0 Å². The normalized spacial score (nSPS) is 11.2. The van der Waals surface area contributed by atoms with Gasteiger partial charge in [-0.05, 0) is 19.1 Å². The zero-order valence-electron chi connectivity index (χ0n) is 7.84.